The minimum Gasteiger partial charge on any atom is -0.497 e. The van der Waals surface area contributed by atoms with Gasteiger partial charge in [-0.05, 0) is 58.0 Å². The van der Waals surface area contributed by atoms with E-state index in [9.17, 15) is 9.59 Å². The maximum atomic E-state index is 13.5. The molecular formula is C25H39N3O4. The number of benzene rings is 1. The SMILES string of the molecule is CCC(C)(C(=O)Nc1cc(OC)cc(OC)c1)N(CC1CCCN2CCCC[C@H]12)C(C)=O. The Bertz CT molecular complexity index is 790. The second-order valence-electron chi connectivity index (χ2n) is 9.31. The average Bonchev–Trinajstić information content (AvgIpc) is 2.81. The van der Waals surface area contributed by atoms with Crippen molar-refractivity contribution in [3.05, 3.63) is 18.2 Å². The normalized spacial score (nSPS) is 22.9. The highest BCUT2D eigenvalue weighted by molar-refractivity contribution is 6.00. The van der Waals surface area contributed by atoms with E-state index in [0.717, 1.165) is 25.9 Å². The van der Waals surface area contributed by atoms with Gasteiger partial charge in [0.15, 0.2) is 0 Å². The molecule has 0 spiro atoms. The highest BCUT2D eigenvalue weighted by Gasteiger charge is 2.43. The summed E-state index contributed by atoms with van der Waals surface area (Å²) in [5.41, 5.74) is -0.357. The van der Waals surface area contributed by atoms with Gasteiger partial charge in [-0.1, -0.05) is 13.3 Å². The Morgan fingerprint density at radius 2 is 1.75 bits per heavy atom. The van der Waals surface area contributed by atoms with Crippen LogP contribution in [0.2, 0.25) is 0 Å². The number of amides is 2. The molecule has 7 heteroatoms. The Balaban J connectivity index is 1.81. The van der Waals surface area contributed by atoms with E-state index in [4.69, 9.17) is 9.47 Å². The Labute approximate surface area is 192 Å². The topological polar surface area (TPSA) is 71.1 Å². The van der Waals surface area contributed by atoms with Crippen LogP contribution in [0.25, 0.3) is 0 Å². The minimum absolute atomic E-state index is 0.0549. The quantitative estimate of drug-likeness (QED) is 0.657. The molecule has 0 radical (unpaired) electrons. The van der Waals surface area contributed by atoms with Crippen LogP contribution in [-0.2, 0) is 9.59 Å². The molecule has 2 aliphatic heterocycles. The Hall–Kier alpha value is -2.28. The zero-order valence-electron chi connectivity index (χ0n) is 20.3. The van der Waals surface area contributed by atoms with Crippen molar-refractivity contribution in [2.45, 2.75) is 70.9 Å². The van der Waals surface area contributed by atoms with Gasteiger partial charge in [-0.2, -0.15) is 0 Å². The van der Waals surface area contributed by atoms with Gasteiger partial charge in [-0.3, -0.25) is 9.59 Å². The van der Waals surface area contributed by atoms with Gasteiger partial charge in [-0.25, -0.2) is 0 Å². The van der Waals surface area contributed by atoms with Crippen molar-refractivity contribution in [1.29, 1.82) is 0 Å². The van der Waals surface area contributed by atoms with Crippen LogP contribution >= 0.6 is 0 Å². The molecular weight excluding hydrogens is 406 g/mol. The van der Waals surface area contributed by atoms with Crippen LogP contribution in [0.5, 0.6) is 11.5 Å². The van der Waals surface area contributed by atoms with Crippen molar-refractivity contribution in [2.75, 3.05) is 39.2 Å². The van der Waals surface area contributed by atoms with Crippen molar-refractivity contribution >= 4 is 17.5 Å². The number of rotatable bonds is 8. The molecule has 0 bridgehead atoms. The first-order valence-corrected chi connectivity index (χ1v) is 11.9. The van der Waals surface area contributed by atoms with Crippen LogP contribution in [0.3, 0.4) is 0 Å². The van der Waals surface area contributed by atoms with Crippen molar-refractivity contribution < 1.29 is 19.1 Å². The first kappa shape index (κ1) is 24.4. The van der Waals surface area contributed by atoms with Gasteiger partial charge < -0.3 is 24.6 Å². The van der Waals surface area contributed by atoms with Crippen LogP contribution < -0.4 is 14.8 Å². The van der Waals surface area contributed by atoms with E-state index >= 15 is 0 Å². The number of fused-ring (bicyclic) bond motifs is 1. The van der Waals surface area contributed by atoms with E-state index in [0.29, 0.717) is 42.1 Å². The third-order valence-corrected chi connectivity index (χ3v) is 7.41. The van der Waals surface area contributed by atoms with E-state index in [-0.39, 0.29) is 11.8 Å². The number of hydrogen-bond acceptors (Lipinski definition) is 5. The molecule has 1 N–H and O–H groups in total. The lowest BCUT2D eigenvalue weighted by molar-refractivity contribution is -0.145. The molecule has 0 aliphatic carbocycles. The number of carbonyl (C=O) groups excluding carboxylic acids is 2. The van der Waals surface area contributed by atoms with Crippen molar-refractivity contribution in [3.8, 4) is 11.5 Å². The third-order valence-electron chi connectivity index (χ3n) is 7.41. The highest BCUT2D eigenvalue weighted by Crippen LogP contribution is 2.34. The number of nitrogens with zero attached hydrogens (tertiary/aromatic N) is 2. The van der Waals surface area contributed by atoms with Gasteiger partial charge in [0.1, 0.15) is 17.0 Å². The first-order chi connectivity index (χ1) is 15.3. The summed E-state index contributed by atoms with van der Waals surface area (Å²) in [6, 6.07) is 5.80. The van der Waals surface area contributed by atoms with Crippen LogP contribution in [0, 0.1) is 5.92 Å². The number of nitrogens with one attached hydrogen (secondary N) is 1. The van der Waals surface area contributed by atoms with Crippen molar-refractivity contribution in [1.82, 2.24) is 9.80 Å². The van der Waals surface area contributed by atoms with Gasteiger partial charge in [-0.15, -0.1) is 0 Å². The summed E-state index contributed by atoms with van der Waals surface area (Å²) in [5.74, 6) is 1.35. The summed E-state index contributed by atoms with van der Waals surface area (Å²) >= 11 is 0. The van der Waals surface area contributed by atoms with E-state index < -0.39 is 5.54 Å². The molecule has 1 aromatic carbocycles. The Morgan fingerprint density at radius 3 is 2.34 bits per heavy atom. The van der Waals surface area contributed by atoms with E-state index in [1.807, 2.05) is 18.7 Å². The number of piperidine rings is 2. The smallest absolute Gasteiger partial charge is 0.250 e. The number of hydrogen-bond donors (Lipinski definition) is 1. The number of anilines is 1. The molecule has 2 aliphatic rings. The number of carbonyl (C=O) groups is 2. The summed E-state index contributed by atoms with van der Waals surface area (Å²) in [4.78, 5) is 30.8. The standard InChI is InChI=1S/C25H39N3O4/c1-6-25(3,24(30)26-20-14-21(31-4)16-22(15-20)32-5)28(18(2)29)17-19-10-9-13-27-12-8-7-11-23(19)27/h14-16,19,23H,6-13,17H2,1-5H3,(H,26,30)/t19?,23-,25?/m1/s1. The summed E-state index contributed by atoms with van der Waals surface area (Å²) in [5, 5.41) is 3.01. The largest absolute Gasteiger partial charge is 0.497 e. The molecule has 2 unspecified atom stereocenters. The van der Waals surface area contributed by atoms with Gasteiger partial charge in [0.05, 0.1) is 14.2 Å². The van der Waals surface area contributed by atoms with Gasteiger partial charge in [0.25, 0.3) is 0 Å². The van der Waals surface area contributed by atoms with Crippen LogP contribution in [0.1, 0.15) is 59.3 Å². The molecule has 1 aromatic rings. The maximum Gasteiger partial charge on any atom is 0.250 e. The maximum absolute atomic E-state index is 13.5. The van der Waals surface area contributed by atoms with E-state index in [1.54, 1.807) is 39.3 Å². The predicted molar refractivity (Wildman–Crippen MR) is 126 cm³/mol. The van der Waals surface area contributed by atoms with Crippen LogP contribution in [0.4, 0.5) is 5.69 Å². The first-order valence-electron chi connectivity index (χ1n) is 11.9. The van der Waals surface area contributed by atoms with Gasteiger partial charge in [0, 0.05) is 43.4 Å². The number of methoxy groups -OCH3 is 2. The van der Waals surface area contributed by atoms with E-state index in [2.05, 4.69) is 10.2 Å². The second-order valence-corrected chi connectivity index (χ2v) is 9.31. The fraction of sp³-hybridized carbons (Fsp3) is 0.680. The summed E-state index contributed by atoms with van der Waals surface area (Å²) in [6.07, 6.45) is 6.50. The van der Waals surface area contributed by atoms with Crippen LogP contribution in [0.15, 0.2) is 18.2 Å². The minimum atomic E-state index is -0.945. The van der Waals surface area contributed by atoms with Crippen molar-refractivity contribution in [2.24, 2.45) is 5.92 Å². The summed E-state index contributed by atoms with van der Waals surface area (Å²) in [7, 11) is 3.15. The Kier molecular flexibility index (Phi) is 8.04. The summed E-state index contributed by atoms with van der Waals surface area (Å²) in [6.45, 7) is 8.36. The average molecular weight is 446 g/mol. The molecule has 0 saturated carbocycles. The summed E-state index contributed by atoms with van der Waals surface area (Å²) < 4.78 is 10.7. The molecule has 3 rings (SSSR count). The molecule has 0 aromatic heterocycles. The molecule has 2 fully saturated rings. The molecule has 32 heavy (non-hydrogen) atoms. The predicted octanol–water partition coefficient (Wildman–Crippen LogP) is 3.92. The van der Waals surface area contributed by atoms with E-state index in [1.165, 1.54) is 19.3 Å². The van der Waals surface area contributed by atoms with Crippen molar-refractivity contribution in [3.63, 3.8) is 0 Å². The second kappa shape index (κ2) is 10.6. The highest BCUT2D eigenvalue weighted by atomic mass is 16.5. The van der Waals surface area contributed by atoms with Gasteiger partial charge >= 0.3 is 0 Å². The Morgan fingerprint density at radius 1 is 1.09 bits per heavy atom. The number of ether oxygens (including phenoxy) is 2. The molecule has 178 valence electrons. The zero-order chi connectivity index (χ0) is 23.3. The third kappa shape index (κ3) is 5.20. The fourth-order valence-corrected chi connectivity index (χ4v) is 5.32. The molecule has 2 heterocycles. The monoisotopic (exact) mass is 445 g/mol. The lowest BCUT2D eigenvalue weighted by Gasteiger charge is -2.48. The fourth-order valence-electron chi connectivity index (χ4n) is 5.32. The zero-order valence-corrected chi connectivity index (χ0v) is 20.3. The molecule has 2 amide bonds. The lowest BCUT2D eigenvalue weighted by atomic mass is 9.82. The molecule has 7 nitrogen and oxygen atoms in total. The molecule has 3 atom stereocenters. The molecule has 2 saturated heterocycles. The lowest BCUT2D eigenvalue weighted by Crippen LogP contribution is -2.60. The van der Waals surface area contributed by atoms with Crippen LogP contribution in [-0.4, -0.2) is 67.0 Å². The van der Waals surface area contributed by atoms with Gasteiger partial charge in [0.2, 0.25) is 11.8 Å².